The molecule has 0 aromatic heterocycles. The van der Waals surface area contributed by atoms with Gasteiger partial charge in [-0.2, -0.15) is 0 Å². The van der Waals surface area contributed by atoms with Crippen molar-refractivity contribution in [2.24, 2.45) is 5.73 Å². The van der Waals surface area contributed by atoms with Crippen LogP contribution >= 0.6 is 0 Å². The number of nitrogens with one attached hydrogen (secondary N) is 1. The van der Waals surface area contributed by atoms with Crippen LogP contribution in [0.5, 0.6) is 0 Å². The van der Waals surface area contributed by atoms with E-state index in [1.165, 1.54) is 0 Å². The minimum Gasteiger partial charge on any atom is -0.356 e. The van der Waals surface area contributed by atoms with E-state index >= 15 is 0 Å². The molecule has 0 rings (SSSR count). The minimum absolute atomic E-state index is 0.135. The van der Waals surface area contributed by atoms with Gasteiger partial charge in [0.1, 0.15) is 0 Å². The smallest absolute Gasteiger partial charge is 0.219 e. The van der Waals surface area contributed by atoms with E-state index in [1.54, 1.807) is 0 Å². The highest BCUT2D eigenvalue weighted by Gasteiger charge is 1.95. The Hall–Kier alpha value is -0.570. The summed E-state index contributed by atoms with van der Waals surface area (Å²) in [6.45, 7) is 3.35. The second-order valence-corrected chi connectivity index (χ2v) is 2.24. The average molecular weight is 144 g/mol. The van der Waals surface area contributed by atoms with Crippen LogP contribution < -0.4 is 11.1 Å². The fraction of sp³-hybridized carbons (Fsp3) is 0.857. The molecule has 3 nitrogen and oxygen atoms in total. The summed E-state index contributed by atoms with van der Waals surface area (Å²) in [6.07, 6.45) is 2.41. The van der Waals surface area contributed by atoms with Crippen LogP contribution in [0.3, 0.4) is 0 Å². The van der Waals surface area contributed by atoms with Crippen LogP contribution in [0.15, 0.2) is 0 Å². The normalized spacial score (nSPS) is 9.40. The third-order valence-corrected chi connectivity index (χ3v) is 1.18. The van der Waals surface area contributed by atoms with Gasteiger partial charge in [0.15, 0.2) is 0 Å². The Morgan fingerprint density at radius 3 is 2.80 bits per heavy atom. The Morgan fingerprint density at radius 1 is 1.60 bits per heavy atom. The van der Waals surface area contributed by atoms with Gasteiger partial charge in [-0.15, -0.1) is 0 Å². The first-order valence-electron chi connectivity index (χ1n) is 3.78. The molecule has 0 saturated heterocycles. The van der Waals surface area contributed by atoms with Crippen molar-refractivity contribution in [3.05, 3.63) is 0 Å². The molecule has 0 heterocycles. The van der Waals surface area contributed by atoms with Crippen molar-refractivity contribution in [1.29, 1.82) is 0 Å². The van der Waals surface area contributed by atoms with Crippen molar-refractivity contribution in [3.8, 4) is 0 Å². The molecule has 0 aliphatic heterocycles. The molecule has 0 radical (unpaired) electrons. The highest BCUT2D eigenvalue weighted by atomic mass is 16.1. The lowest BCUT2D eigenvalue weighted by atomic mass is 10.3. The van der Waals surface area contributed by atoms with Crippen molar-refractivity contribution in [3.63, 3.8) is 0 Å². The number of hydrogen-bond acceptors (Lipinski definition) is 2. The monoisotopic (exact) mass is 144 g/mol. The first kappa shape index (κ1) is 9.43. The molecule has 60 valence electrons. The van der Waals surface area contributed by atoms with Gasteiger partial charge in [-0.25, -0.2) is 0 Å². The average Bonchev–Trinajstić information content (AvgIpc) is 1.89. The van der Waals surface area contributed by atoms with E-state index in [1.807, 2.05) is 6.92 Å². The maximum absolute atomic E-state index is 10.8. The zero-order chi connectivity index (χ0) is 7.82. The van der Waals surface area contributed by atoms with Crippen molar-refractivity contribution >= 4 is 5.91 Å². The topological polar surface area (TPSA) is 55.1 Å². The fourth-order valence-electron chi connectivity index (χ4n) is 0.645. The summed E-state index contributed by atoms with van der Waals surface area (Å²) in [4.78, 5) is 10.8. The summed E-state index contributed by atoms with van der Waals surface area (Å²) in [5.41, 5.74) is 5.24. The van der Waals surface area contributed by atoms with E-state index in [0.29, 0.717) is 13.0 Å². The number of nitrogens with two attached hydrogens (primary N) is 1. The molecule has 0 aromatic carbocycles. The zero-order valence-corrected chi connectivity index (χ0v) is 6.52. The summed E-state index contributed by atoms with van der Waals surface area (Å²) in [5.74, 6) is 0.135. The number of hydrogen-bond donors (Lipinski definition) is 2. The molecule has 0 spiro atoms. The molecule has 0 aromatic rings. The van der Waals surface area contributed by atoms with E-state index < -0.39 is 0 Å². The molecular weight excluding hydrogens is 128 g/mol. The Kier molecular flexibility index (Phi) is 6.18. The molecule has 3 heteroatoms. The molecule has 0 bridgehead atoms. The zero-order valence-electron chi connectivity index (χ0n) is 6.52. The van der Waals surface area contributed by atoms with Crippen LogP contribution in [0.2, 0.25) is 0 Å². The number of carbonyl (C=O) groups excluding carboxylic acids is 1. The second-order valence-electron chi connectivity index (χ2n) is 2.24. The van der Waals surface area contributed by atoms with Crippen LogP contribution in [0.4, 0.5) is 0 Å². The van der Waals surface area contributed by atoms with Gasteiger partial charge < -0.3 is 11.1 Å². The molecule has 3 N–H and O–H groups in total. The summed E-state index contributed by atoms with van der Waals surface area (Å²) in [7, 11) is 0. The molecule has 0 fully saturated rings. The number of carbonyl (C=O) groups is 1. The van der Waals surface area contributed by atoms with E-state index in [2.05, 4.69) is 5.32 Å². The first-order chi connectivity index (χ1) is 4.81. The van der Waals surface area contributed by atoms with Crippen molar-refractivity contribution in [1.82, 2.24) is 5.32 Å². The van der Waals surface area contributed by atoms with Gasteiger partial charge >= 0.3 is 0 Å². The standard InChI is InChI=1S/C7H16N2O/c1-2-4-7(10)9-6-3-5-8/h2-6,8H2,1H3,(H,9,10). The van der Waals surface area contributed by atoms with Crippen LogP contribution in [0.25, 0.3) is 0 Å². The van der Waals surface area contributed by atoms with Crippen LogP contribution in [0.1, 0.15) is 26.2 Å². The van der Waals surface area contributed by atoms with Crippen molar-refractivity contribution in [2.75, 3.05) is 13.1 Å². The van der Waals surface area contributed by atoms with Gasteiger partial charge in [-0.05, 0) is 19.4 Å². The molecule has 10 heavy (non-hydrogen) atoms. The molecule has 0 saturated carbocycles. The summed E-state index contributed by atoms with van der Waals surface area (Å²) < 4.78 is 0. The summed E-state index contributed by atoms with van der Waals surface area (Å²) >= 11 is 0. The van der Waals surface area contributed by atoms with Crippen LogP contribution in [-0.4, -0.2) is 19.0 Å². The van der Waals surface area contributed by atoms with E-state index in [9.17, 15) is 4.79 Å². The predicted octanol–water partition coefficient (Wildman–Crippen LogP) is 0.251. The van der Waals surface area contributed by atoms with Crippen LogP contribution in [0, 0.1) is 0 Å². The Labute approximate surface area is 62.0 Å². The fourth-order valence-corrected chi connectivity index (χ4v) is 0.645. The Balaban J connectivity index is 3.05. The Bertz CT molecular complexity index is 93.6. The lowest BCUT2D eigenvalue weighted by Gasteiger charge is -2.00. The molecule has 0 aliphatic carbocycles. The molecule has 0 aliphatic rings. The molecule has 0 atom stereocenters. The second kappa shape index (κ2) is 6.55. The van der Waals surface area contributed by atoms with Crippen molar-refractivity contribution < 1.29 is 4.79 Å². The van der Waals surface area contributed by atoms with Gasteiger partial charge in [0, 0.05) is 13.0 Å². The molecule has 0 unspecified atom stereocenters. The van der Waals surface area contributed by atoms with Gasteiger partial charge in [-0.3, -0.25) is 4.79 Å². The van der Waals surface area contributed by atoms with Gasteiger partial charge in [0.05, 0.1) is 0 Å². The van der Waals surface area contributed by atoms with E-state index in [-0.39, 0.29) is 5.91 Å². The SMILES string of the molecule is CCCC(=O)NCCCN. The predicted molar refractivity (Wildman–Crippen MR) is 41.6 cm³/mol. The lowest BCUT2D eigenvalue weighted by Crippen LogP contribution is -2.25. The van der Waals surface area contributed by atoms with E-state index in [4.69, 9.17) is 5.73 Å². The molecular formula is C7H16N2O. The molecule has 1 amide bonds. The van der Waals surface area contributed by atoms with Gasteiger partial charge in [0.25, 0.3) is 0 Å². The van der Waals surface area contributed by atoms with Gasteiger partial charge in [0.2, 0.25) is 5.91 Å². The van der Waals surface area contributed by atoms with E-state index in [0.717, 1.165) is 19.4 Å². The highest BCUT2D eigenvalue weighted by molar-refractivity contribution is 5.75. The largest absolute Gasteiger partial charge is 0.356 e. The summed E-state index contributed by atoms with van der Waals surface area (Å²) in [6, 6.07) is 0. The first-order valence-corrected chi connectivity index (χ1v) is 3.78. The third-order valence-electron chi connectivity index (χ3n) is 1.18. The highest BCUT2D eigenvalue weighted by Crippen LogP contribution is 1.84. The Morgan fingerprint density at radius 2 is 2.30 bits per heavy atom. The lowest BCUT2D eigenvalue weighted by molar-refractivity contribution is -0.121. The third kappa shape index (κ3) is 5.56. The number of amides is 1. The van der Waals surface area contributed by atoms with Crippen LogP contribution in [-0.2, 0) is 4.79 Å². The van der Waals surface area contributed by atoms with Gasteiger partial charge in [-0.1, -0.05) is 6.92 Å². The maximum atomic E-state index is 10.8. The maximum Gasteiger partial charge on any atom is 0.219 e. The van der Waals surface area contributed by atoms with Crippen molar-refractivity contribution in [2.45, 2.75) is 26.2 Å². The quantitative estimate of drug-likeness (QED) is 0.543. The minimum atomic E-state index is 0.135. The summed E-state index contributed by atoms with van der Waals surface area (Å²) in [5, 5.41) is 2.77. The number of rotatable bonds is 5.